The van der Waals surface area contributed by atoms with E-state index in [4.69, 9.17) is 40.3 Å². The van der Waals surface area contributed by atoms with Gasteiger partial charge in [-0.05, 0) is 99.0 Å². The van der Waals surface area contributed by atoms with Crippen molar-refractivity contribution in [1.82, 2.24) is 19.8 Å². The van der Waals surface area contributed by atoms with Gasteiger partial charge in [-0.15, -0.1) is 0 Å². The second-order valence-corrected chi connectivity index (χ2v) is 18.2. The number of methoxy groups -OCH3 is 4. The SMILES string of the molecule is CC1CC(CO)C1.COc1cc(C(=O)N2CCC(c3cnc(N)cc3OC)CC2)c(F)cc1O.COc1cc(C(=O)N2CCC(c3cnc(N)cc3OC)CC2)c(F)cc1OCC1CC(C)C1. The zero-order valence-corrected chi connectivity index (χ0v) is 39.4. The summed E-state index contributed by atoms with van der Waals surface area (Å²) in [6, 6.07) is 8.24. The van der Waals surface area contributed by atoms with Crippen molar-refractivity contribution in [2.45, 2.75) is 77.0 Å². The minimum atomic E-state index is -0.773. The molecule has 2 aromatic carbocycles. The van der Waals surface area contributed by atoms with Gasteiger partial charge in [0.1, 0.15) is 34.8 Å². The van der Waals surface area contributed by atoms with Gasteiger partial charge in [-0.3, -0.25) is 9.59 Å². The normalized spacial score (nSPS) is 20.4. The number of anilines is 2. The number of amides is 2. The quantitative estimate of drug-likeness (QED) is 0.107. The number of hydrogen-bond acceptors (Lipinski definition) is 13. The number of nitrogens with zero attached hydrogens (tertiary/aromatic N) is 4. The molecular weight excluding hydrogens is 867 g/mol. The van der Waals surface area contributed by atoms with Crippen LogP contribution < -0.4 is 35.2 Å². The third-order valence-corrected chi connectivity index (χ3v) is 13.4. The van der Waals surface area contributed by atoms with E-state index < -0.39 is 17.5 Å². The molecule has 2 amide bonds. The lowest BCUT2D eigenvalue weighted by atomic mass is 9.77. The minimum absolute atomic E-state index is 0.00153. The Bertz CT molecular complexity index is 2310. The van der Waals surface area contributed by atoms with E-state index in [9.17, 15) is 23.5 Å². The summed E-state index contributed by atoms with van der Waals surface area (Å²) in [4.78, 5) is 37.4. The molecule has 0 atom stereocenters. The maximum absolute atomic E-state index is 14.9. The highest BCUT2D eigenvalue weighted by atomic mass is 19.1. The van der Waals surface area contributed by atoms with E-state index >= 15 is 0 Å². The van der Waals surface area contributed by atoms with E-state index in [1.807, 2.05) is 0 Å². The summed E-state index contributed by atoms with van der Waals surface area (Å²) in [7, 11) is 6.03. The van der Waals surface area contributed by atoms with Crippen molar-refractivity contribution in [2.24, 2.45) is 23.7 Å². The Kier molecular flexibility index (Phi) is 17.3. The molecule has 4 fully saturated rings. The van der Waals surface area contributed by atoms with E-state index in [2.05, 4.69) is 23.8 Å². The zero-order chi connectivity index (χ0) is 48.4. The fourth-order valence-electron chi connectivity index (χ4n) is 9.49. The molecule has 0 unspecified atom stereocenters. The molecule has 4 aliphatic rings. The Morgan fingerprint density at radius 3 is 1.45 bits per heavy atom. The summed E-state index contributed by atoms with van der Waals surface area (Å²) in [5.41, 5.74) is 13.3. The molecule has 2 saturated heterocycles. The molecule has 15 nitrogen and oxygen atoms in total. The largest absolute Gasteiger partial charge is 0.504 e. The van der Waals surface area contributed by atoms with Crippen LogP contribution in [0.1, 0.15) is 109 Å². The average molecular weight is 933 g/mol. The van der Waals surface area contributed by atoms with Gasteiger partial charge < -0.3 is 55.2 Å². The molecule has 364 valence electrons. The van der Waals surface area contributed by atoms with Crippen LogP contribution in [0.4, 0.5) is 20.4 Å². The molecule has 4 aromatic rings. The number of carbonyl (C=O) groups is 2. The predicted octanol–water partition coefficient (Wildman–Crippen LogP) is 7.84. The molecule has 8 rings (SSSR count). The number of phenolic OH excluding ortho intramolecular Hbond substituents is 1. The Morgan fingerprint density at radius 1 is 0.627 bits per heavy atom. The first kappa shape index (κ1) is 50.3. The first-order chi connectivity index (χ1) is 32.2. The van der Waals surface area contributed by atoms with Crippen molar-refractivity contribution in [3.05, 3.63) is 82.7 Å². The number of ether oxygens (including phenoxy) is 5. The second kappa shape index (κ2) is 23.1. The van der Waals surface area contributed by atoms with Gasteiger partial charge >= 0.3 is 0 Å². The topological polar surface area (TPSA) is 205 Å². The van der Waals surface area contributed by atoms with Crippen molar-refractivity contribution >= 4 is 23.5 Å². The van der Waals surface area contributed by atoms with Gasteiger partial charge in [-0.1, -0.05) is 13.8 Å². The first-order valence-electron chi connectivity index (χ1n) is 23.0. The van der Waals surface area contributed by atoms with Gasteiger partial charge in [0.25, 0.3) is 11.8 Å². The Hall–Kier alpha value is -6.10. The number of phenols is 1. The zero-order valence-electron chi connectivity index (χ0n) is 39.4. The number of hydrogen-bond donors (Lipinski definition) is 4. The summed E-state index contributed by atoms with van der Waals surface area (Å²) in [5, 5.41) is 18.1. The fourth-order valence-corrected chi connectivity index (χ4v) is 9.49. The third-order valence-electron chi connectivity index (χ3n) is 13.4. The van der Waals surface area contributed by atoms with Gasteiger partial charge in [0.2, 0.25) is 0 Å². The molecule has 17 heteroatoms. The van der Waals surface area contributed by atoms with E-state index in [0.717, 1.165) is 54.7 Å². The van der Waals surface area contributed by atoms with E-state index in [0.29, 0.717) is 98.7 Å². The van der Waals surface area contributed by atoms with E-state index in [-0.39, 0.29) is 40.4 Å². The average Bonchev–Trinajstić information content (AvgIpc) is 3.31. The van der Waals surface area contributed by atoms with Crippen LogP contribution in [0.2, 0.25) is 0 Å². The second-order valence-electron chi connectivity index (χ2n) is 18.2. The number of pyridine rings is 2. The fraction of sp³-hybridized carbons (Fsp3) is 0.520. The number of aromatic hydroxyl groups is 1. The molecule has 2 aliphatic carbocycles. The van der Waals surface area contributed by atoms with Crippen molar-refractivity contribution in [2.75, 3.05) is 79.3 Å². The summed E-state index contributed by atoms with van der Waals surface area (Å²) < 4.78 is 56.1. The number of halogens is 2. The number of aromatic nitrogens is 2. The van der Waals surface area contributed by atoms with Gasteiger partial charge in [0, 0.05) is 80.6 Å². The van der Waals surface area contributed by atoms with Crippen molar-refractivity contribution < 1.29 is 52.3 Å². The van der Waals surface area contributed by atoms with Crippen LogP contribution in [-0.4, -0.2) is 110 Å². The van der Waals surface area contributed by atoms with Crippen molar-refractivity contribution in [1.29, 1.82) is 0 Å². The van der Waals surface area contributed by atoms with Crippen LogP contribution in [-0.2, 0) is 0 Å². The van der Waals surface area contributed by atoms with E-state index in [1.54, 1.807) is 48.5 Å². The van der Waals surface area contributed by atoms with Gasteiger partial charge in [-0.25, -0.2) is 18.7 Å². The molecule has 2 aromatic heterocycles. The summed E-state index contributed by atoms with van der Waals surface area (Å²) in [6.45, 7) is 7.34. The van der Waals surface area contributed by atoms with Gasteiger partial charge in [-0.2, -0.15) is 0 Å². The first-order valence-corrected chi connectivity index (χ1v) is 23.0. The van der Waals surface area contributed by atoms with Crippen molar-refractivity contribution in [3.63, 3.8) is 0 Å². The molecule has 0 bridgehead atoms. The Labute approximate surface area is 391 Å². The number of likely N-dealkylation sites (tertiary alicyclic amines) is 2. The maximum atomic E-state index is 14.9. The van der Waals surface area contributed by atoms with Crippen LogP contribution in [0.3, 0.4) is 0 Å². The van der Waals surface area contributed by atoms with Crippen molar-refractivity contribution in [3.8, 4) is 34.5 Å². The summed E-state index contributed by atoms with van der Waals surface area (Å²) in [6.07, 6.45) is 11.0. The number of nitrogen functional groups attached to an aromatic ring is 2. The Balaban J connectivity index is 0.000000195. The standard InChI is InChI=1S/C25H32FN3O4.C19H22FN3O4.C6H12O/c1-15-8-16(9-15)14-33-23-11-20(26)18(10-22(23)32-3)25(30)29-6-4-17(5-7-29)19-13-28-24(27)12-21(19)31-2;1-26-16-9-18(21)22-10-13(16)11-3-5-23(6-4-11)19(25)12-7-17(27-2)15(24)8-14(12)20;1-5-2-6(3-5)4-7/h10-13,15-17H,4-9,14H2,1-3H3,(H2,27,28);7-11,24H,3-6H2,1-2H3,(H2,21,22);5-7H,2-4H2,1H3. The molecular formula is C50H66F2N6O9. The minimum Gasteiger partial charge on any atom is -0.504 e. The van der Waals surface area contributed by atoms with Crippen LogP contribution in [0.5, 0.6) is 34.5 Å². The number of rotatable bonds is 12. The van der Waals surface area contributed by atoms with Crippen LogP contribution in [0, 0.1) is 35.3 Å². The van der Waals surface area contributed by atoms with E-state index in [1.165, 1.54) is 45.3 Å². The highest BCUT2D eigenvalue weighted by molar-refractivity contribution is 5.96. The molecule has 0 radical (unpaired) electrons. The maximum Gasteiger partial charge on any atom is 0.256 e. The van der Waals surface area contributed by atoms with Crippen LogP contribution in [0.15, 0.2) is 48.8 Å². The highest BCUT2D eigenvalue weighted by Crippen LogP contribution is 2.39. The van der Waals surface area contributed by atoms with Crippen LogP contribution >= 0.6 is 0 Å². The number of nitrogens with two attached hydrogens (primary N) is 2. The number of piperidine rings is 2. The number of aliphatic hydroxyl groups is 1. The molecule has 2 saturated carbocycles. The monoisotopic (exact) mass is 932 g/mol. The lowest BCUT2D eigenvalue weighted by Crippen LogP contribution is -2.38. The lowest BCUT2D eigenvalue weighted by molar-refractivity contribution is 0.0699. The molecule has 67 heavy (non-hydrogen) atoms. The van der Waals surface area contributed by atoms with Gasteiger partial charge in [0.05, 0.1) is 46.2 Å². The van der Waals surface area contributed by atoms with Crippen LogP contribution in [0.25, 0.3) is 0 Å². The highest BCUT2D eigenvalue weighted by Gasteiger charge is 2.32. The molecule has 0 spiro atoms. The summed E-state index contributed by atoms with van der Waals surface area (Å²) in [5.74, 6) is 3.60. The molecule has 6 N–H and O–H groups in total. The smallest absolute Gasteiger partial charge is 0.256 e. The molecule has 4 heterocycles. The predicted molar refractivity (Wildman–Crippen MR) is 250 cm³/mol. The number of benzene rings is 2. The lowest BCUT2D eigenvalue weighted by Gasteiger charge is -2.33. The third kappa shape index (κ3) is 12.5. The number of carbonyl (C=O) groups excluding carboxylic acids is 2. The Morgan fingerprint density at radius 2 is 1.04 bits per heavy atom. The summed E-state index contributed by atoms with van der Waals surface area (Å²) >= 11 is 0. The molecule has 2 aliphatic heterocycles. The number of aliphatic hydroxyl groups excluding tert-OH is 1. The van der Waals surface area contributed by atoms with Gasteiger partial charge in [0.15, 0.2) is 23.0 Å².